The zero-order valence-electron chi connectivity index (χ0n) is 9.45. The summed E-state index contributed by atoms with van der Waals surface area (Å²) in [6.07, 6.45) is 4.98. The summed E-state index contributed by atoms with van der Waals surface area (Å²) >= 11 is 1.59. The van der Waals surface area contributed by atoms with Crippen LogP contribution in [-0.2, 0) is 17.6 Å². The second-order valence-electron chi connectivity index (χ2n) is 4.13. The Labute approximate surface area is 99.3 Å². The van der Waals surface area contributed by atoms with Gasteiger partial charge in [-0.15, -0.1) is 11.3 Å². The number of thiazole rings is 1. The van der Waals surface area contributed by atoms with E-state index in [0.29, 0.717) is 5.13 Å². The van der Waals surface area contributed by atoms with Gasteiger partial charge in [0, 0.05) is 4.88 Å². The highest BCUT2D eigenvalue weighted by molar-refractivity contribution is 7.15. The summed E-state index contributed by atoms with van der Waals surface area (Å²) < 4.78 is 0. The van der Waals surface area contributed by atoms with Crippen molar-refractivity contribution in [3.63, 3.8) is 0 Å². The molecule has 0 aromatic carbocycles. The molecular weight excluding hydrogens is 222 g/mol. The molecule has 1 amide bonds. The van der Waals surface area contributed by atoms with Crippen molar-refractivity contribution in [3.05, 3.63) is 10.6 Å². The Kier molecular flexibility index (Phi) is 3.56. The first-order valence-electron chi connectivity index (χ1n) is 5.75. The van der Waals surface area contributed by atoms with Gasteiger partial charge in [-0.3, -0.25) is 4.79 Å². The van der Waals surface area contributed by atoms with E-state index in [1.807, 2.05) is 6.92 Å². The van der Waals surface area contributed by atoms with E-state index >= 15 is 0 Å². The number of carbonyl (C=O) groups is 1. The third kappa shape index (κ3) is 2.41. The first kappa shape index (κ1) is 11.5. The highest BCUT2D eigenvalue weighted by Crippen LogP contribution is 2.30. The highest BCUT2D eigenvalue weighted by atomic mass is 32.1. The van der Waals surface area contributed by atoms with E-state index < -0.39 is 6.04 Å². The van der Waals surface area contributed by atoms with Gasteiger partial charge in [-0.2, -0.15) is 0 Å². The van der Waals surface area contributed by atoms with Gasteiger partial charge in [-0.25, -0.2) is 4.98 Å². The molecule has 0 fully saturated rings. The molecule has 1 aromatic heterocycles. The lowest BCUT2D eigenvalue weighted by Crippen LogP contribution is -2.35. The summed E-state index contributed by atoms with van der Waals surface area (Å²) in [5.74, 6) is -0.116. The Morgan fingerprint density at radius 3 is 3.12 bits per heavy atom. The largest absolute Gasteiger partial charge is 0.320 e. The van der Waals surface area contributed by atoms with Crippen LogP contribution in [0.3, 0.4) is 0 Å². The molecule has 16 heavy (non-hydrogen) atoms. The Morgan fingerprint density at radius 1 is 1.62 bits per heavy atom. The maximum absolute atomic E-state index is 11.7. The number of fused-ring (bicyclic) bond motifs is 1. The number of carbonyl (C=O) groups excluding carboxylic acids is 1. The number of nitrogens with one attached hydrogen (secondary N) is 1. The van der Waals surface area contributed by atoms with Gasteiger partial charge >= 0.3 is 0 Å². The molecule has 3 N–H and O–H groups in total. The molecule has 88 valence electrons. The van der Waals surface area contributed by atoms with Gasteiger partial charge < -0.3 is 11.1 Å². The van der Waals surface area contributed by atoms with Gasteiger partial charge in [0.25, 0.3) is 0 Å². The number of hydrogen-bond donors (Lipinski definition) is 2. The van der Waals surface area contributed by atoms with E-state index in [2.05, 4.69) is 10.3 Å². The molecule has 1 heterocycles. The van der Waals surface area contributed by atoms with Crippen LogP contribution in [0, 0.1) is 0 Å². The monoisotopic (exact) mass is 239 g/mol. The Hall–Kier alpha value is -0.940. The predicted molar refractivity (Wildman–Crippen MR) is 65.7 cm³/mol. The summed E-state index contributed by atoms with van der Waals surface area (Å²) in [4.78, 5) is 17.4. The minimum atomic E-state index is -0.413. The Morgan fingerprint density at radius 2 is 2.44 bits per heavy atom. The van der Waals surface area contributed by atoms with Gasteiger partial charge in [-0.05, 0) is 25.7 Å². The van der Waals surface area contributed by atoms with Crippen LogP contribution in [0.25, 0.3) is 0 Å². The molecule has 0 radical (unpaired) electrons. The van der Waals surface area contributed by atoms with E-state index in [-0.39, 0.29) is 5.91 Å². The third-order valence-corrected chi connectivity index (χ3v) is 3.84. The lowest BCUT2D eigenvalue weighted by Gasteiger charge is -2.08. The number of nitrogens with zero attached hydrogens (tertiary/aromatic N) is 1. The van der Waals surface area contributed by atoms with E-state index in [0.717, 1.165) is 31.4 Å². The smallest absolute Gasteiger partial charge is 0.243 e. The number of amides is 1. The zero-order valence-corrected chi connectivity index (χ0v) is 10.3. The number of hydrogen-bond acceptors (Lipinski definition) is 4. The van der Waals surface area contributed by atoms with Crippen molar-refractivity contribution in [1.82, 2.24) is 4.98 Å². The van der Waals surface area contributed by atoms with Gasteiger partial charge in [-0.1, -0.05) is 13.3 Å². The van der Waals surface area contributed by atoms with Crippen LogP contribution in [0.2, 0.25) is 0 Å². The van der Waals surface area contributed by atoms with E-state index in [1.54, 1.807) is 11.3 Å². The fourth-order valence-corrected chi connectivity index (χ4v) is 2.94. The normalized spacial score (nSPS) is 15.9. The van der Waals surface area contributed by atoms with Gasteiger partial charge in [0.1, 0.15) is 0 Å². The fourth-order valence-electron chi connectivity index (χ4n) is 1.88. The van der Waals surface area contributed by atoms with E-state index in [1.165, 1.54) is 11.3 Å². The molecule has 5 heteroatoms. The van der Waals surface area contributed by atoms with E-state index in [9.17, 15) is 4.79 Å². The second kappa shape index (κ2) is 4.93. The van der Waals surface area contributed by atoms with Crippen LogP contribution in [0.1, 0.15) is 36.8 Å². The summed E-state index contributed by atoms with van der Waals surface area (Å²) in [5.41, 5.74) is 6.89. The van der Waals surface area contributed by atoms with E-state index in [4.69, 9.17) is 5.73 Å². The van der Waals surface area contributed by atoms with Gasteiger partial charge in [0.15, 0.2) is 5.13 Å². The SMILES string of the molecule is CCC[C@@H](N)C(=O)Nc1nc2c(s1)CCC2. The van der Waals surface area contributed by atoms with Crippen LogP contribution in [0.15, 0.2) is 0 Å². The van der Waals surface area contributed by atoms with Crippen molar-refractivity contribution in [1.29, 1.82) is 0 Å². The molecule has 1 aliphatic rings. The summed E-state index contributed by atoms with van der Waals surface area (Å²) in [6, 6.07) is -0.413. The maximum Gasteiger partial charge on any atom is 0.243 e. The Bertz CT molecular complexity index is 367. The fraction of sp³-hybridized carbons (Fsp3) is 0.636. The van der Waals surface area contributed by atoms with Crippen LogP contribution >= 0.6 is 11.3 Å². The van der Waals surface area contributed by atoms with Crippen LogP contribution in [0.5, 0.6) is 0 Å². The Balaban J connectivity index is 1.96. The van der Waals surface area contributed by atoms with Crippen molar-refractivity contribution in [2.24, 2.45) is 5.73 Å². The third-order valence-electron chi connectivity index (χ3n) is 2.76. The molecule has 0 saturated carbocycles. The molecule has 1 aliphatic carbocycles. The molecule has 0 unspecified atom stereocenters. The molecule has 1 aromatic rings. The number of aromatic nitrogens is 1. The molecule has 0 spiro atoms. The predicted octanol–water partition coefficient (Wildman–Crippen LogP) is 1.70. The minimum absolute atomic E-state index is 0.116. The first-order valence-corrected chi connectivity index (χ1v) is 6.57. The summed E-state index contributed by atoms with van der Waals surface area (Å²) in [6.45, 7) is 2.02. The number of nitrogens with two attached hydrogens (primary N) is 1. The van der Waals surface area contributed by atoms with Crippen LogP contribution in [-0.4, -0.2) is 16.9 Å². The summed E-state index contributed by atoms with van der Waals surface area (Å²) in [5, 5.41) is 3.51. The zero-order chi connectivity index (χ0) is 11.5. The maximum atomic E-state index is 11.7. The number of aryl methyl sites for hydroxylation is 2. The van der Waals surface area contributed by atoms with Gasteiger partial charge in [0.05, 0.1) is 11.7 Å². The molecule has 0 bridgehead atoms. The average Bonchev–Trinajstić information content (AvgIpc) is 2.78. The van der Waals surface area contributed by atoms with Crippen molar-refractivity contribution in [2.45, 2.75) is 45.1 Å². The highest BCUT2D eigenvalue weighted by Gasteiger charge is 2.19. The van der Waals surface area contributed by atoms with Crippen molar-refractivity contribution in [3.8, 4) is 0 Å². The van der Waals surface area contributed by atoms with Crippen molar-refractivity contribution < 1.29 is 4.79 Å². The van der Waals surface area contributed by atoms with Crippen molar-refractivity contribution in [2.75, 3.05) is 5.32 Å². The molecule has 0 saturated heterocycles. The first-order chi connectivity index (χ1) is 7.70. The quantitative estimate of drug-likeness (QED) is 0.840. The lowest BCUT2D eigenvalue weighted by atomic mass is 10.2. The topological polar surface area (TPSA) is 68.0 Å². The minimum Gasteiger partial charge on any atom is -0.320 e. The number of rotatable bonds is 4. The lowest BCUT2D eigenvalue weighted by molar-refractivity contribution is -0.117. The molecule has 1 atom stereocenters. The van der Waals surface area contributed by atoms with Gasteiger partial charge in [0.2, 0.25) is 5.91 Å². The second-order valence-corrected chi connectivity index (χ2v) is 5.21. The molecule has 2 rings (SSSR count). The average molecular weight is 239 g/mol. The standard InChI is InChI=1S/C11H17N3OS/c1-2-4-7(12)10(15)14-11-13-8-5-3-6-9(8)16-11/h7H,2-6,12H2,1H3,(H,13,14,15)/t7-/m1/s1. The summed E-state index contributed by atoms with van der Waals surface area (Å²) in [7, 11) is 0. The molecular formula is C11H17N3OS. The molecule has 4 nitrogen and oxygen atoms in total. The number of anilines is 1. The van der Waals surface area contributed by atoms with Crippen LogP contribution < -0.4 is 11.1 Å². The van der Waals surface area contributed by atoms with Crippen LogP contribution in [0.4, 0.5) is 5.13 Å². The molecule has 0 aliphatic heterocycles. The van der Waals surface area contributed by atoms with Crippen molar-refractivity contribution >= 4 is 22.4 Å².